The van der Waals surface area contributed by atoms with Gasteiger partial charge in [0.1, 0.15) is 6.61 Å². The van der Waals surface area contributed by atoms with Gasteiger partial charge in [-0.05, 0) is 24.7 Å². The first-order valence-electron chi connectivity index (χ1n) is 5.23. The summed E-state index contributed by atoms with van der Waals surface area (Å²) in [7, 11) is 3.43. The van der Waals surface area contributed by atoms with Crippen molar-refractivity contribution < 1.29 is 9.26 Å². The summed E-state index contributed by atoms with van der Waals surface area (Å²) in [5.74, 6) is 1.06. The summed E-state index contributed by atoms with van der Waals surface area (Å²) in [5, 5.41) is 7.07. The Morgan fingerprint density at radius 3 is 2.82 bits per heavy atom. The van der Waals surface area contributed by atoms with Gasteiger partial charge in [-0.1, -0.05) is 5.16 Å². The molecule has 0 bridgehead atoms. The molecule has 2 heterocycles. The number of hydrogen-bond acceptors (Lipinski definition) is 6. The third-order valence-corrected chi connectivity index (χ3v) is 2.34. The van der Waals surface area contributed by atoms with Gasteiger partial charge >= 0.3 is 0 Å². The number of rotatable bonds is 5. The number of ether oxygens (including phenoxy) is 1. The number of nitrogens with one attached hydrogen (secondary N) is 1. The van der Waals surface area contributed by atoms with Crippen molar-refractivity contribution >= 4 is 0 Å². The summed E-state index contributed by atoms with van der Waals surface area (Å²) < 4.78 is 10.0. The fraction of sp³-hybridized carbons (Fsp3) is 0.364. The van der Waals surface area contributed by atoms with Crippen LogP contribution in [0.15, 0.2) is 29.0 Å². The largest absolute Gasteiger partial charge is 0.375 e. The number of hydrogen-bond donors (Lipinski definition) is 1. The van der Waals surface area contributed by atoms with Crippen molar-refractivity contribution in [2.75, 3.05) is 14.2 Å². The second-order valence-electron chi connectivity index (χ2n) is 3.48. The zero-order valence-corrected chi connectivity index (χ0v) is 9.75. The second kappa shape index (κ2) is 5.51. The van der Waals surface area contributed by atoms with E-state index in [2.05, 4.69) is 20.4 Å². The number of methoxy groups -OCH3 is 1. The summed E-state index contributed by atoms with van der Waals surface area (Å²) in [6, 6.07) is 3.72. The Morgan fingerprint density at radius 2 is 2.18 bits per heavy atom. The molecule has 0 aliphatic rings. The molecule has 0 unspecified atom stereocenters. The molecule has 0 saturated heterocycles. The number of aromatic nitrogens is 3. The van der Waals surface area contributed by atoms with Gasteiger partial charge in [-0.2, -0.15) is 4.98 Å². The molecule has 0 aromatic carbocycles. The number of nitrogens with zero attached hydrogens (tertiary/aromatic N) is 3. The molecule has 1 atom stereocenters. The van der Waals surface area contributed by atoms with Crippen molar-refractivity contribution in [2.24, 2.45) is 0 Å². The Morgan fingerprint density at radius 1 is 1.41 bits per heavy atom. The summed E-state index contributed by atoms with van der Waals surface area (Å²) in [4.78, 5) is 8.24. The van der Waals surface area contributed by atoms with Crippen molar-refractivity contribution in [1.29, 1.82) is 0 Å². The average Bonchev–Trinajstić information content (AvgIpc) is 2.81. The van der Waals surface area contributed by atoms with E-state index >= 15 is 0 Å². The minimum absolute atomic E-state index is 0.104. The zero-order chi connectivity index (χ0) is 12.1. The molecule has 2 rings (SSSR count). The lowest BCUT2D eigenvalue weighted by Gasteiger charge is -2.11. The van der Waals surface area contributed by atoms with Crippen molar-refractivity contribution in [3.05, 3.63) is 41.8 Å². The third-order valence-electron chi connectivity index (χ3n) is 2.34. The third kappa shape index (κ3) is 2.66. The van der Waals surface area contributed by atoms with Gasteiger partial charge in [0.05, 0.1) is 6.04 Å². The van der Waals surface area contributed by atoms with Crippen LogP contribution in [0.4, 0.5) is 0 Å². The van der Waals surface area contributed by atoms with Gasteiger partial charge in [0, 0.05) is 19.5 Å². The van der Waals surface area contributed by atoms with E-state index in [9.17, 15) is 0 Å². The van der Waals surface area contributed by atoms with Gasteiger partial charge in [0.25, 0.3) is 5.89 Å². The van der Waals surface area contributed by atoms with Crippen molar-refractivity contribution in [1.82, 2.24) is 20.4 Å². The standard InChI is InChI=1S/C11H14N4O2/c1-12-10(8-3-5-13-6-4-8)11-14-9(7-16-2)17-15-11/h3-6,10,12H,7H2,1-2H3/t10-/m1/s1. The average molecular weight is 234 g/mol. The van der Waals surface area contributed by atoms with Gasteiger partial charge in [-0.15, -0.1) is 0 Å². The Labute approximate surface area is 99.0 Å². The van der Waals surface area contributed by atoms with Crippen LogP contribution in [-0.4, -0.2) is 29.3 Å². The Bertz CT molecular complexity index is 458. The second-order valence-corrected chi connectivity index (χ2v) is 3.48. The lowest BCUT2D eigenvalue weighted by molar-refractivity contribution is 0.151. The molecule has 0 aliphatic carbocycles. The zero-order valence-electron chi connectivity index (χ0n) is 9.75. The highest BCUT2D eigenvalue weighted by Crippen LogP contribution is 2.18. The van der Waals surface area contributed by atoms with Crippen molar-refractivity contribution in [3.63, 3.8) is 0 Å². The topological polar surface area (TPSA) is 73.1 Å². The maximum Gasteiger partial charge on any atom is 0.252 e. The van der Waals surface area contributed by atoms with E-state index in [0.29, 0.717) is 18.3 Å². The van der Waals surface area contributed by atoms with Crippen LogP contribution in [0.5, 0.6) is 0 Å². The Kier molecular flexibility index (Phi) is 3.79. The van der Waals surface area contributed by atoms with Crippen LogP contribution in [-0.2, 0) is 11.3 Å². The van der Waals surface area contributed by atoms with Gasteiger partial charge in [0.15, 0.2) is 5.82 Å². The molecule has 17 heavy (non-hydrogen) atoms. The molecule has 2 aromatic rings. The highest BCUT2D eigenvalue weighted by atomic mass is 16.5. The summed E-state index contributed by atoms with van der Waals surface area (Å²) in [6.07, 6.45) is 3.46. The van der Waals surface area contributed by atoms with E-state index in [-0.39, 0.29) is 6.04 Å². The van der Waals surface area contributed by atoms with E-state index in [4.69, 9.17) is 9.26 Å². The molecule has 1 N–H and O–H groups in total. The first kappa shape index (κ1) is 11.7. The molecule has 0 fully saturated rings. The fourth-order valence-electron chi connectivity index (χ4n) is 1.57. The lowest BCUT2D eigenvalue weighted by Crippen LogP contribution is -2.19. The molecule has 0 radical (unpaired) electrons. The van der Waals surface area contributed by atoms with E-state index in [0.717, 1.165) is 5.56 Å². The van der Waals surface area contributed by atoms with Crippen molar-refractivity contribution in [3.8, 4) is 0 Å². The predicted octanol–water partition coefficient (Wildman–Crippen LogP) is 0.920. The SMILES string of the molecule is CN[C@H](c1ccncc1)c1noc(COC)n1. The van der Waals surface area contributed by atoms with Crippen LogP contribution in [0.3, 0.4) is 0 Å². The molecule has 0 spiro atoms. The molecule has 6 nitrogen and oxygen atoms in total. The van der Waals surface area contributed by atoms with Crippen LogP contribution in [0, 0.1) is 0 Å². The molecule has 0 aliphatic heterocycles. The van der Waals surface area contributed by atoms with Gasteiger partial charge < -0.3 is 14.6 Å². The quantitative estimate of drug-likeness (QED) is 0.829. The van der Waals surface area contributed by atoms with Gasteiger partial charge in [-0.25, -0.2) is 0 Å². The van der Waals surface area contributed by atoms with Crippen molar-refractivity contribution in [2.45, 2.75) is 12.6 Å². The van der Waals surface area contributed by atoms with Crippen LogP contribution in [0.2, 0.25) is 0 Å². The number of pyridine rings is 1. The first-order chi connectivity index (χ1) is 8.35. The molecular formula is C11H14N4O2. The normalized spacial score (nSPS) is 12.6. The van der Waals surface area contributed by atoms with E-state index < -0.39 is 0 Å². The smallest absolute Gasteiger partial charge is 0.252 e. The van der Waals surface area contributed by atoms with Crippen LogP contribution >= 0.6 is 0 Å². The molecule has 0 saturated carbocycles. The van der Waals surface area contributed by atoms with E-state index in [1.54, 1.807) is 19.5 Å². The molecule has 6 heteroatoms. The van der Waals surface area contributed by atoms with Gasteiger partial charge in [-0.3, -0.25) is 4.98 Å². The summed E-state index contributed by atoms with van der Waals surface area (Å²) in [5.41, 5.74) is 1.03. The fourth-order valence-corrected chi connectivity index (χ4v) is 1.57. The van der Waals surface area contributed by atoms with Gasteiger partial charge in [0.2, 0.25) is 0 Å². The Hall–Kier alpha value is -1.79. The molecule has 90 valence electrons. The molecule has 0 amide bonds. The summed E-state index contributed by atoms with van der Waals surface area (Å²) in [6.45, 7) is 0.319. The van der Waals surface area contributed by atoms with Crippen LogP contribution < -0.4 is 5.32 Å². The predicted molar refractivity (Wildman–Crippen MR) is 60.2 cm³/mol. The first-order valence-corrected chi connectivity index (χ1v) is 5.23. The maximum absolute atomic E-state index is 5.07. The van der Waals surface area contributed by atoms with E-state index in [1.165, 1.54) is 0 Å². The molecular weight excluding hydrogens is 220 g/mol. The van der Waals surface area contributed by atoms with Crippen LogP contribution in [0.1, 0.15) is 23.3 Å². The minimum atomic E-state index is -0.104. The summed E-state index contributed by atoms with van der Waals surface area (Å²) >= 11 is 0. The molecule has 2 aromatic heterocycles. The lowest BCUT2D eigenvalue weighted by atomic mass is 10.1. The maximum atomic E-state index is 5.07. The highest BCUT2D eigenvalue weighted by molar-refractivity contribution is 5.21. The highest BCUT2D eigenvalue weighted by Gasteiger charge is 2.18. The monoisotopic (exact) mass is 234 g/mol. The van der Waals surface area contributed by atoms with Crippen LogP contribution in [0.25, 0.3) is 0 Å². The van der Waals surface area contributed by atoms with E-state index in [1.807, 2.05) is 19.2 Å². The minimum Gasteiger partial charge on any atom is -0.375 e. The Balaban J connectivity index is 2.23.